The predicted molar refractivity (Wildman–Crippen MR) is 154 cm³/mol. The molecule has 0 aliphatic carbocycles. The van der Waals surface area contributed by atoms with E-state index >= 15 is 0 Å². The number of aryl methyl sites for hydroxylation is 2. The van der Waals surface area contributed by atoms with Crippen molar-refractivity contribution in [2.75, 3.05) is 23.8 Å². The molecule has 0 bridgehead atoms. The zero-order chi connectivity index (χ0) is 26.1. The van der Waals surface area contributed by atoms with Crippen molar-refractivity contribution in [2.24, 2.45) is 5.10 Å². The van der Waals surface area contributed by atoms with Crippen LogP contribution in [0, 0.1) is 17.4 Å². The number of nitrogens with one attached hydrogen (secondary N) is 3. The minimum absolute atomic E-state index is 0.172. The number of hydrogen-bond acceptors (Lipinski definition) is 5. The van der Waals surface area contributed by atoms with Gasteiger partial charge in [0.25, 0.3) is 5.91 Å². The molecule has 0 spiro atoms. The fourth-order valence-corrected chi connectivity index (χ4v) is 4.11. The molecule has 0 atom stereocenters. The van der Waals surface area contributed by atoms with Crippen molar-refractivity contribution < 1.29 is 19.1 Å². The maximum absolute atomic E-state index is 12.3. The van der Waals surface area contributed by atoms with E-state index in [2.05, 4.69) is 59.7 Å². The molecule has 0 unspecified atom stereocenters. The predicted octanol–water partition coefficient (Wildman–Crippen LogP) is 6.24. The van der Waals surface area contributed by atoms with Crippen LogP contribution in [0.4, 0.5) is 16.2 Å². The normalized spacial score (nSPS) is 10.7. The number of nitrogens with zero attached hydrogens (tertiary/aromatic N) is 1. The summed E-state index contributed by atoms with van der Waals surface area (Å²) in [4.78, 5) is 24.5. The molecule has 0 fully saturated rings. The van der Waals surface area contributed by atoms with Gasteiger partial charge in [0.15, 0.2) is 18.1 Å². The van der Waals surface area contributed by atoms with E-state index in [9.17, 15) is 9.59 Å². The summed E-state index contributed by atoms with van der Waals surface area (Å²) in [5.41, 5.74) is 6.61. The maximum atomic E-state index is 12.3. The number of carbonyl (C=O) groups excluding carboxylic acids is 2. The quantitative estimate of drug-likeness (QED) is 0.143. The molecular weight excluding hydrogens is 639 g/mol. The second kappa shape index (κ2) is 13.3. The van der Waals surface area contributed by atoms with E-state index in [4.69, 9.17) is 9.47 Å². The number of urea groups is 1. The molecule has 3 aromatic rings. The molecule has 3 aromatic carbocycles. The highest BCUT2D eigenvalue weighted by Gasteiger charge is 2.14. The van der Waals surface area contributed by atoms with Gasteiger partial charge in [-0.1, -0.05) is 33.6 Å². The van der Waals surface area contributed by atoms with E-state index in [1.807, 2.05) is 63.2 Å². The third kappa shape index (κ3) is 8.23. The van der Waals surface area contributed by atoms with Crippen LogP contribution in [0.25, 0.3) is 0 Å². The number of ether oxygens (including phenoxy) is 2. The number of benzene rings is 3. The summed E-state index contributed by atoms with van der Waals surface area (Å²) < 4.78 is 13.2. The standard InChI is InChI=1S/C26H26BrIN4O4/c1-4-35-23-13-18(14-29-32-26(34)31-20-9-10-21(27)17(3)11-20)12-22(28)25(23)36-15-24(33)30-19-7-5-16(2)6-8-19/h5-14H,4,15H2,1-3H3,(H,30,33)(H2,31,32,34)/b29-14+. The Labute approximate surface area is 232 Å². The Morgan fingerprint density at radius 1 is 1.00 bits per heavy atom. The molecule has 0 heterocycles. The first kappa shape index (κ1) is 27.5. The zero-order valence-electron chi connectivity index (χ0n) is 20.0. The summed E-state index contributed by atoms with van der Waals surface area (Å²) in [5.74, 6) is 0.660. The van der Waals surface area contributed by atoms with Gasteiger partial charge < -0.3 is 20.1 Å². The molecule has 0 aliphatic rings. The van der Waals surface area contributed by atoms with Gasteiger partial charge in [0.2, 0.25) is 0 Å². The molecule has 36 heavy (non-hydrogen) atoms. The van der Waals surface area contributed by atoms with E-state index in [1.165, 1.54) is 6.21 Å². The van der Waals surface area contributed by atoms with Crippen LogP contribution in [0.1, 0.15) is 23.6 Å². The van der Waals surface area contributed by atoms with Crippen LogP contribution >= 0.6 is 38.5 Å². The lowest BCUT2D eigenvalue weighted by Gasteiger charge is -2.14. The van der Waals surface area contributed by atoms with Crippen LogP contribution in [0.2, 0.25) is 0 Å². The highest BCUT2D eigenvalue weighted by Crippen LogP contribution is 2.34. The Morgan fingerprint density at radius 3 is 2.42 bits per heavy atom. The van der Waals surface area contributed by atoms with Crippen molar-refractivity contribution in [2.45, 2.75) is 20.8 Å². The van der Waals surface area contributed by atoms with Gasteiger partial charge in [0.1, 0.15) is 0 Å². The van der Waals surface area contributed by atoms with Gasteiger partial charge in [-0.3, -0.25) is 4.79 Å². The van der Waals surface area contributed by atoms with Crippen molar-refractivity contribution in [3.63, 3.8) is 0 Å². The second-order valence-corrected chi connectivity index (χ2v) is 9.77. The van der Waals surface area contributed by atoms with E-state index in [-0.39, 0.29) is 12.5 Å². The lowest BCUT2D eigenvalue weighted by molar-refractivity contribution is -0.118. The Hall–Kier alpha value is -3.12. The summed E-state index contributed by atoms with van der Waals surface area (Å²) in [6, 6.07) is 16.1. The largest absolute Gasteiger partial charge is 0.490 e. The molecule has 0 saturated carbocycles. The summed E-state index contributed by atoms with van der Waals surface area (Å²) in [6.07, 6.45) is 1.50. The number of rotatable bonds is 9. The molecule has 0 radical (unpaired) electrons. The average Bonchev–Trinajstić information content (AvgIpc) is 2.82. The Kier molecular flexibility index (Phi) is 10.1. The fraction of sp³-hybridized carbons (Fsp3) is 0.192. The molecule has 3 N–H and O–H groups in total. The number of hydrogen-bond donors (Lipinski definition) is 3. The number of anilines is 2. The molecule has 8 nitrogen and oxygen atoms in total. The Bertz CT molecular complexity index is 1270. The average molecular weight is 665 g/mol. The van der Waals surface area contributed by atoms with Crippen molar-refractivity contribution in [1.29, 1.82) is 0 Å². The first-order chi connectivity index (χ1) is 17.2. The van der Waals surface area contributed by atoms with Crippen molar-refractivity contribution in [3.8, 4) is 11.5 Å². The maximum Gasteiger partial charge on any atom is 0.339 e. The monoisotopic (exact) mass is 664 g/mol. The topological polar surface area (TPSA) is 101 Å². The van der Waals surface area contributed by atoms with Crippen LogP contribution < -0.4 is 25.5 Å². The van der Waals surface area contributed by atoms with E-state index in [1.54, 1.807) is 12.1 Å². The number of carbonyl (C=O) groups is 2. The SMILES string of the molecule is CCOc1cc(/C=N/NC(=O)Nc2ccc(Br)c(C)c2)cc(I)c1OCC(=O)Nc1ccc(C)cc1. The molecule has 0 saturated heterocycles. The second-order valence-electron chi connectivity index (χ2n) is 7.75. The molecule has 3 amide bonds. The first-order valence-electron chi connectivity index (χ1n) is 11.1. The summed E-state index contributed by atoms with van der Waals surface area (Å²) >= 11 is 5.54. The number of halogens is 2. The van der Waals surface area contributed by atoms with Gasteiger partial charge in [-0.15, -0.1) is 0 Å². The molecular formula is C26H26BrIN4O4. The van der Waals surface area contributed by atoms with Crippen LogP contribution in [-0.4, -0.2) is 31.4 Å². The highest BCUT2D eigenvalue weighted by atomic mass is 127. The van der Waals surface area contributed by atoms with Gasteiger partial charge in [0.05, 0.1) is 16.4 Å². The summed E-state index contributed by atoms with van der Waals surface area (Å²) in [6.45, 7) is 6.02. The minimum Gasteiger partial charge on any atom is -0.490 e. The third-order valence-corrected chi connectivity index (χ3v) is 6.50. The highest BCUT2D eigenvalue weighted by molar-refractivity contribution is 14.1. The number of amides is 3. The van der Waals surface area contributed by atoms with E-state index < -0.39 is 6.03 Å². The van der Waals surface area contributed by atoms with E-state index in [0.29, 0.717) is 35.0 Å². The summed E-state index contributed by atoms with van der Waals surface area (Å²) in [7, 11) is 0. The van der Waals surface area contributed by atoms with E-state index in [0.717, 1.165) is 19.2 Å². The van der Waals surface area contributed by atoms with Crippen LogP contribution in [0.3, 0.4) is 0 Å². The molecule has 0 aliphatic heterocycles. The Morgan fingerprint density at radius 2 is 1.72 bits per heavy atom. The smallest absolute Gasteiger partial charge is 0.339 e. The third-order valence-electron chi connectivity index (χ3n) is 4.81. The fourth-order valence-electron chi connectivity index (χ4n) is 3.08. The first-order valence-corrected chi connectivity index (χ1v) is 12.9. The van der Waals surface area contributed by atoms with Gasteiger partial charge in [0, 0.05) is 15.8 Å². The molecule has 0 aromatic heterocycles. The van der Waals surface area contributed by atoms with Crippen LogP contribution in [-0.2, 0) is 4.79 Å². The van der Waals surface area contributed by atoms with Gasteiger partial charge >= 0.3 is 6.03 Å². The summed E-state index contributed by atoms with van der Waals surface area (Å²) in [5, 5.41) is 9.55. The van der Waals surface area contributed by atoms with Crippen LogP contribution in [0.15, 0.2) is 64.2 Å². The molecule has 188 valence electrons. The van der Waals surface area contributed by atoms with Gasteiger partial charge in [-0.05, 0) is 97.0 Å². The minimum atomic E-state index is -0.466. The lowest BCUT2D eigenvalue weighted by Crippen LogP contribution is -2.24. The Balaban J connectivity index is 1.61. The molecule has 3 rings (SSSR count). The lowest BCUT2D eigenvalue weighted by atomic mass is 10.2. The van der Waals surface area contributed by atoms with Gasteiger partial charge in [-0.2, -0.15) is 5.10 Å². The van der Waals surface area contributed by atoms with Crippen molar-refractivity contribution in [1.82, 2.24) is 5.43 Å². The van der Waals surface area contributed by atoms with Crippen LogP contribution in [0.5, 0.6) is 11.5 Å². The number of hydrazone groups is 1. The molecule has 10 heteroatoms. The zero-order valence-corrected chi connectivity index (χ0v) is 23.8. The van der Waals surface area contributed by atoms with Crippen molar-refractivity contribution in [3.05, 3.63) is 79.3 Å². The van der Waals surface area contributed by atoms with Crippen molar-refractivity contribution >= 4 is 68.0 Å². The van der Waals surface area contributed by atoms with Gasteiger partial charge in [-0.25, -0.2) is 10.2 Å².